The average molecular weight is 240 g/mol. The van der Waals surface area contributed by atoms with Gasteiger partial charge in [0.2, 0.25) is 0 Å². The molecule has 0 bridgehead atoms. The number of rotatable bonds is 3. The van der Waals surface area contributed by atoms with Crippen LogP contribution < -0.4 is 5.32 Å². The quantitative estimate of drug-likeness (QED) is 0.886. The predicted molar refractivity (Wildman–Crippen MR) is 75.6 cm³/mol. The van der Waals surface area contributed by atoms with Crippen molar-refractivity contribution < 1.29 is 0 Å². The maximum absolute atomic E-state index is 4.48. The molecule has 0 saturated carbocycles. The molecule has 2 heterocycles. The highest BCUT2D eigenvalue weighted by Gasteiger charge is 2.34. The molecule has 2 nitrogen and oxygen atoms in total. The summed E-state index contributed by atoms with van der Waals surface area (Å²) in [6.45, 7) is 3.40. The summed E-state index contributed by atoms with van der Waals surface area (Å²) in [5.74, 6) is 0. The van der Waals surface area contributed by atoms with Gasteiger partial charge in [-0.05, 0) is 43.5 Å². The summed E-state index contributed by atoms with van der Waals surface area (Å²) >= 11 is 0. The van der Waals surface area contributed by atoms with E-state index >= 15 is 0 Å². The Hall–Kier alpha value is -1.41. The molecule has 18 heavy (non-hydrogen) atoms. The summed E-state index contributed by atoms with van der Waals surface area (Å²) in [7, 11) is 0. The van der Waals surface area contributed by atoms with Gasteiger partial charge >= 0.3 is 0 Å². The minimum atomic E-state index is 0.195. The van der Waals surface area contributed by atoms with E-state index in [0.717, 1.165) is 12.1 Å². The summed E-state index contributed by atoms with van der Waals surface area (Å²) in [6, 6.07) is 10.9. The highest BCUT2D eigenvalue weighted by Crippen LogP contribution is 2.36. The van der Waals surface area contributed by atoms with Crippen LogP contribution in [0.2, 0.25) is 0 Å². The Morgan fingerprint density at radius 3 is 3.06 bits per heavy atom. The van der Waals surface area contributed by atoms with E-state index in [4.69, 9.17) is 0 Å². The molecule has 0 radical (unpaired) electrons. The van der Waals surface area contributed by atoms with Gasteiger partial charge in [-0.15, -0.1) is 0 Å². The molecule has 94 valence electrons. The number of fused-ring (bicyclic) bond motifs is 1. The third-order valence-corrected chi connectivity index (χ3v) is 4.08. The van der Waals surface area contributed by atoms with Crippen LogP contribution in [0.25, 0.3) is 10.9 Å². The van der Waals surface area contributed by atoms with E-state index in [-0.39, 0.29) is 5.54 Å². The smallest absolute Gasteiger partial charge is 0.0705 e. The lowest BCUT2D eigenvalue weighted by Gasteiger charge is -2.30. The van der Waals surface area contributed by atoms with E-state index in [9.17, 15) is 0 Å². The van der Waals surface area contributed by atoms with Crippen molar-refractivity contribution in [2.45, 2.75) is 38.1 Å². The van der Waals surface area contributed by atoms with Crippen molar-refractivity contribution in [3.8, 4) is 0 Å². The molecular formula is C16H20N2. The third-order valence-electron chi connectivity index (χ3n) is 4.08. The molecule has 0 amide bonds. The molecular weight excluding hydrogens is 220 g/mol. The zero-order valence-electron chi connectivity index (χ0n) is 10.9. The normalized spacial score (nSPS) is 23.6. The van der Waals surface area contributed by atoms with Gasteiger partial charge < -0.3 is 5.32 Å². The predicted octanol–water partition coefficient (Wildman–Crippen LogP) is 3.61. The number of hydrogen-bond donors (Lipinski definition) is 1. The Kier molecular flexibility index (Phi) is 3.04. The molecule has 1 fully saturated rings. The molecule has 1 aliphatic heterocycles. The van der Waals surface area contributed by atoms with Crippen LogP contribution in [0.1, 0.15) is 38.2 Å². The first-order valence-electron chi connectivity index (χ1n) is 6.94. The highest BCUT2D eigenvalue weighted by molar-refractivity contribution is 5.79. The van der Waals surface area contributed by atoms with Crippen LogP contribution in [0.15, 0.2) is 36.5 Å². The summed E-state index contributed by atoms with van der Waals surface area (Å²) < 4.78 is 0. The molecule has 3 rings (SSSR count). The monoisotopic (exact) mass is 240 g/mol. The fourth-order valence-corrected chi connectivity index (χ4v) is 3.20. The van der Waals surface area contributed by atoms with Gasteiger partial charge in [-0.3, -0.25) is 4.98 Å². The number of nitrogens with one attached hydrogen (secondary N) is 1. The standard InChI is InChI=1S/C16H20N2/c1-2-8-16(9-4-11-18-16)14-7-6-13-5-3-10-17-15(13)12-14/h3,5-7,10,12,18H,2,4,8-9,11H2,1H3. The van der Waals surface area contributed by atoms with Crippen LogP contribution in [0, 0.1) is 0 Å². The molecule has 1 atom stereocenters. The van der Waals surface area contributed by atoms with E-state index < -0.39 is 0 Å². The van der Waals surface area contributed by atoms with Gasteiger partial charge in [0.15, 0.2) is 0 Å². The summed E-state index contributed by atoms with van der Waals surface area (Å²) in [5, 5.41) is 4.95. The van der Waals surface area contributed by atoms with E-state index in [1.165, 1.54) is 36.6 Å². The summed E-state index contributed by atoms with van der Waals surface area (Å²) in [6.07, 6.45) is 6.83. The molecule has 1 N–H and O–H groups in total. The zero-order valence-corrected chi connectivity index (χ0v) is 10.9. The number of benzene rings is 1. The van der Waals surface area contributed by atoms with Crippen molar-refractivity contribution in [1.29, 1.82) is 0 Å². The molecule has 2 heteroatoms. The minimum absolute atomic E-state index is 0.195. The maximum atomic E-state index is 4.48. The second-order valence-corrected chi connectivity index (χ2v) is 5.27. The summed E-state index contributed by atoms with van der Waals surface area (Å²) in [5.41, 5.74) is 2.72. The molecule has 1 aliphatic rings. The Morgan fingerprint density at radius 2 is 2.28 bits per heavy atom. The second-order valence-electron chi connectivity index (χ2n) is 5.27. The van der Waals surface area contributed by atoms with Crippen LogP contribution in [-0.4, -0.2) is 11.5 Å². The van der Waals surface area contributed by atoms with Crippen molar-refractivity contribution >= 4 is 10.9 Å². The largest absolute Gasteiger partial charge is 0.307 e. The van der Waals surface area contributed by atoms with Gasteiger partial charge in [-0.25, -0.2) is 0 Å². The maximum Gasteiger partial charge on any atom is 0.0705 e. The lowest BCUT2D eigenvalue weighted by Crippen LogP contribution is -2.36. The number of pyridine rings is 1. The lowest BCUT2D eigenvalue weighted by atomic mass is 9.84. The number of nitrogens with zero attached hydrogens (tertiary/aromatic N) is 1. The van der Waals surface area contributed by atoms with Crippen LogP contribution >= 0.6 is 0 Å². The van der Waals surface area contributed by atoms with Gasteiger partial charge in [0, 0.05) is 17.1 Å². The fraction of sp³-hybridized carbons (Fsp3) is 0.438. The highest BCUT2D eigenvalue weighted by atomic mass is 15.0. The molecule has 1 unspecified atom stereocenters. The third kappa shape index (κ3) is 1.91. The first kappa shape index (κ1) is 11.7. The van der Waals surface area contributed by atoms with Crippen molar-refractivity contribution in [2.75, 3.05) is 6.54 Å². The zero-order chi connectivity index (χ0) is 12.4. The van der Waals surface area contributed by atoms with Crippen molar-refractivity contribution in [3.63, 3.8) is 0 Å². The Morgan fingerprint density at radius 1 is 1.33 bits per heavy atom. The molecule has 0 spiro atoms. The van der Waals surface area contributed by atoms with E-state index in [2.05, 4.69) is 41.5 Å². The molecule has 0 aliphatic carbocycles. The van der Waals surface area contributed by atoms with E-state index in [1.54, 1.807) is 0 Å². The van der Waals surface area contributed by atoms with Gasteiger partial charge in [-0.1, -0.05) is 31.5 Å². The van der Waals surface area contributed by atoms with E-state index in [1.807, 2.05) is 12.3 Å². The van der Waals surface area contributed by atoms with Crippen LogP contribution in [0.3, 0.4) is 0 Å². The minimum Gasteiger partial charge on any atom is -0.307 e. The van der Waals surface area contributed by atoms with Gasteiger partial charge in [0.25, 0.3) is 0 Å². The van der Waals surface area contributed by atoms with Crippen LogP contribution in [-0.2, 0) is 5.54 Å². The molecule has 1 saturated heterocycles. The van der Waals surface area contributed by atoms with Crippen molar-refractivity contribution in [3.05, 3.63) is 42.1 Å². The lowest BCUT2D eigenvalue weighted by molar-refractivity contribution is 0.356. The Balaban J connectivity index is 2.06. The topological polar surface area (TPSA) is 24.9 Å². The van der Waals surface area contributed by atoms with Crippen molar-refractivity contribution in [2.24, 2.45) is 0 Å². The van der Waals surface area contributed by atoms with Crippen LogP contribution in [0.5, 0.6) is 0 Å². The molecule has 1 aromatic carbocycles. The van der Waals surface area contributed by atoms with E-state index in [0.29, 0.717) is 0 Å². The average Bonchev–Trinajstić information content (AvgIpc) is 2.88. The first-order chi connectivity index (χ1) is 8.84. The van der Waals surface area contributed by atoms with Crippen LogP contribution in [0.4, 0.5) is 0 Å². The molecule has 2 aromatic rings. The SMILES string of the molecule is CCCC1(c2ccc3cccnc3c2)CCCN1. The van der Waals surface area contributed by atoms with Gasteiger partial charge in [0.1, 0.15) is 0 Å². The van der Waals surface area contributed by atoms with Gasteiger partial charge in [0.05, 0.1) is 5.52 Å². The number of aromatic nitrogens is 1. The summed E-state index contributed by atoms with van der Waals surface area (Å²) in [4.78, 5) is 4.48. The fourth-order valence-electron chi connectivity index (χ4n) is 3.20. The Bertz CT molecular complexity index is 542. The second kappa shape index (κ2) is 4.69. The Labute approximate surface area is 108 Å². The van der Waals surface area contributed by atoms with Gasteiger partial charge in [-0.2, -0.15) is 0 Å². The first-order valence-corrected chi connectivity index (χ1v) is 6.94. The number of hydrogen-bond acceptors (Lipinski definition) is 2. The molecule has 1 aromatic heterocycles. The van der Waals surface area contributed by atoms with Crippen molar-refractivity contribution in [1.82, 2.24) is 10.3 Å².